The Hall–Kier alpha value is -2.39. The van der Waals surface area contributed by atoms with Crippen LogP contribution in [0.15, 0.2) is 18.2 Å². The van der Waals surface area contributed by atoms with E-state index < -0.39 is 17.3 Å². The van der Waals surface area contributed by atoms with Crippen molar-refractivity contribution in [3.05, 3.63) is 34.9 Å². The van der Waals surface area contributed by atoms with Gasteiger partial charge in [-0.15, -0.1) is 10.2 Å². The molecule has 0 amide bonds. The first-order valence-corrected chi connectivity index (χ1v) is 10.2. The van der Waals surface area contributed by atoms with Crippen LogP contribution in [0.25, 0.3) is 11.3 Å². The molecule has 1 aliphatic carbocycles. The number of methoxy groups -OCH3 is 1. The van der Waals surface area contributed by atoms with Crippen molar-refractivity contribution in [3.63, 3.8) is 0 Å². The number of halogens is 3. The average Bonchev–Trinajstić information content (AvgIpc) is 2.99. The van der Waals surface area contributed by atoms with E-state index in [1.165, 1.54) is 7.11 Å². The number of fused-ring (bicyclic) bond motifs is 1. The highest BCUT2D eigenvalue weighted by atomic mass is 19.4. The van der Waals surface area contributed by atoms with Crippen molar-refractivity contribution in [1.82, 2.24) is 10.2 Å². The van der Waals surface area contributed by atoms with E-state index in [0.29, 0.717) is 29.7 Å². The van der Waals surface area contributed by atoms with Crippen LogP contribution in [-0.4, -0.2) is 47.4 Å². The summed E-state index contributed by atoms with van der Waals surface area (Å²) >= 11 is 0. The molecule has 1 fully saturated rings. The molecule has 6 nitrogen and oxygen atoms in total. The summed E-state index contributed by atoms with van der Waals surface area (Å²) in [6.45, 7) is 6.10. The molecule has 2 aliphatic rings. The summed E-state index contributed by atoms with van der Waals surface area (Å²) in [6, 6.07) is 4.17. The minimum atomic E-state index is -4.49. The van der Waals surface area contributed by atoms with Crippen LogP contribution in [0.3, 0.4) is 0 Å². The van der Waals surface area contributed by atoms with Crippen molar-refractivity contribution in [1.29, 1.82) is 0 Å². The predicted octanol–water partition coefficient (Wildman–Crippen LogP) is 4.29. The molecule has 1 unspecified atom stereocenters. The molecule has 1 aliphatic heterocycles. The number of rotatable bonds is 5. The molecule has 2 aromatic rings. The van der Waals surface area contributed by atoms with Gasteiger partial charge in [0, 0.05) is 36.7 Å². The Labute approximate surface area is 179 Å². The Morgan fingerprint density at radius 2 is 1.94 bits per heavy atom. The summed E-state index contributed by atoms with van der Waals surface area (Å²) in [6.07, 6.45) is -3.14. The summed E-state index contributed by atoms with van der Waals surface area (Å²) in [5, 5.41) is 18.9. The standard InChI is InChI=1S/C22H26F3N3O3/c1-12-5-14(22(23,24)25)6-18(31-11-30-4)19(12)17-7-16-13(2)10-28(20(16)27-26-17)15-8-21(3,29)9-15/h5-7,13,15,29H,8-11H2,1-4H3. The van der Waals surface area contributed by atoms with E-state index in [1.54, 1.807) is 6.92 Å². The minimum Gasteiger partial charge on any atom is -0.467 e. The molecule has 9 heteroatoms. The lowest BCUT2D eigenvalue weighted by Gasteiger charge is -2.46. The normalized spacial score (nSPS) is 25.4. The number of aliphatic hydroxyl groups is 1. The van der Waals surface area contributed by atoms with Gasteiger partial charge in [-0.3, -0.25) is 0 Å². The molecule has 1 saturated carbocycles. The maximum absolute atomic E-state index is 13.3. The van der Waals surface area contributed by atoms with Crippen LogP contribution in [0.1, 0.15) is 49.3 Å². The van der Waals surface area contributed by atoms with E-state index in [-0.39, 0.29) is 24.5 Å². The van der Waals surface area contributed by atoms with Gasteiger partial charge >= 0.3 is 6.18 Å². The molecule has 31 heavy (non-hydrogen) atoms. The first kappa shape index (κ1) is 21.8. The Kier molecular flexibility index (Phi) is 5.37. The summed E-state index contributed by atoms with van der Waals surface area (Å²) in [4.78, 5) is 2.18. The van der Waals surface area contributed by atoms with Gasteiger partial charge < -0.3 is 19.5 Å². The third-order valence-corrected chi connectivity index (χ3v) is 6.08. The summed E-state index contributed by atoms with van der Waals surface area (Å²) < 4.78 is 50.3. The number of alkyl halides is 3. The number of benzene rings is 1. The fraction of sp³-hybridized carbons (Fsp3) is 0.545. The molecular formula is C22H26F3N3O3. The fourth-order valence-electron chi connectivity index (χ4n) is 4.57. The van der Waals surface area contributed by atoms with E-state index in [2.05, 4.69) is 22.0 Å². The second kappa shape index (κ2) is 7.63. The molecule has 1 N–H and O–H groups in total. The molecule has 4 rings (SSSR count). The Bertz CT molecular complexity index is 986. The van der Waals surface area contributed by atoms with E-state index >= 15 is 0 Å². The maximum Gasteiger partial charge on any atom is 0.416 e. The number of hydrogen-bond donors (Lipinski definition) is 1. The van der Waals surface area contributed by atoms with Crippen LogP contribution >= 0.6 is 0 Å². The molecule has 0 bridgehead atoms. The highest BCUT2D eigenvalue weighted by Crippen LogP contribution is 2.45. The van der Waals surface area contributed by atoms with Crippen molar-refractivity contribution in [2.24, 2.45) is 0 Å². The molecule has 0 spiro atoms. The summed E-state index contributed by atoms with van der Waals surface area (Å²) in [5.74, 6) is 1.02. The van der Waals surface area contributed by atoms with Crippen molar-refractivity contribution >= 4 is 5.82 Å². The molecule has 0 radical (unpaired) electrons. The third-order valence-electron chi connectivity index (χ3n) is 6.08. The van der Waals surface area contributed by atoms with E-state index in [9.17, 15) is 18.3 Å². The Morgan fingerprint density at radius 1 is 1.23 bits per heavy atom. The summed E-state index contributed by atoms with van der Waals surface area (Å²) in [7, 11) is 1.41. The van der Waals surface area contributed by atoms with Crippen LogP contribution < -0.4 is 9.64 Å². The number of ether oxygens (including phenoxy) is 2. The average molecular weight is 437 g/mol. The summed E-state index contributed by atoms with van der Waals surface area (Å²) in [5.41, 5.74) is 0.893. The number of nitrogens with zero attached hydrogens (tertiary/aromatic N) is 3. The molecule has 1 aromatic heterocycles. The van der Waals surface area contributed by atoms with Gasteiger partial charge in [-0.05, 0) is 50.5 Å². The lowest BCUT2D eigenvalue weighted by atomic mass is 9.76. The molecule has 168 valence electrons. The van der Waals surface area contributed by atoms with E-state index in [4.69, 9.17) is 9.47 Å². The highest BCUT2D eigenvalue weighted by Gasteiger charge is 2.45. The van der Waals surface area contributed by atoms with E-state index in [0.717, 1.165) is 30.1 Å². The monoisotopic (exact) mass is 437 g/mol. The van der Waals surface area contributed by atoms with Crippen LogP contribution in [0.5, 0.6) is 5.75 Å². The molecule has 1 atom stereocenters. The van der Waals surface area contributed by atoms with Crippen molar-refractivity contribution < 1.29 is 27.8 Å². The lowest BCUT2D eigenvalue weighted by molar-refractivity contribution is -0.137. The Balaban J connectivity index is 1.73. The number of hydrogen-bond acceptors (Lipinski definition) is 6. The smallest absolute Gasteiger partial charge is 0.416 e. The van der Waals surface area contributed by atoms with Gasteiger partial charge in [0.1, 0.15) is 5.75 Å². The van der Waals surface area contributed by atoms with Gasteiger partial charge in [0.25, 0.3) is 0 Å². The van der Waals surface area contributed by atoms with Crippen molar-refractivity contribution in [2.75, 3.05) is 25.3 Å². The molecule has 2 heterocycles. The highest BCUT2D eigenvalue weighted by molar-refractivity contribution is 5.74. The molecule has 1 aromatic carbocycles. The first-order chi connectivity index (χ1) is 14.5. The largest absolute Gasteiger partial charge is 0.467 e. The van der Waals surface area contributed by atoms with Crippen LogP contribution in [0.2, 0.25) is 0 Å². The molecular weight excluding hydrogens is 411 g/mol. The number of aryl methyl sites for hydroxylation is 1. The van der Waals surface area contributed by atoms with Gasteiger partial charge in [0.2, 0.25) is 0 Å². The minimum absolute atomic E-state index is 0.0565. The number of aromatic nitrogens is 2. The van der Waals surface area contributed by atoms with Gasteiger partial charge in [-0.1, -0.05) is 6.92 Å². The topological polar surface area (TPSA) is 67.7 Å². The zero-order valence-corrected chi connectivity index (χ0v) is 18.0. The second-order valence-corrected chi connectivity index (χ2v) is 8.84. The zero-order valence-electron chi connectivity index (χ0n) is 18.0. The Morgan fingerprint density at radius 3 is 2.55 bits per heavy atom. The third kappa shape index (κ3) is 4.08. The first-order valence-electron chi connectivity index (χ1n) is 10.2. The molecule has 0 saturated heterocycles. The van der Waals surface area contributed by atoms with Gasteiger partial charge in [-0.25, -0.2) is 0 Å². The van der Waals surface area contributed by atoms with Crippen LogP contribution in [0, 0.1) is 6.92 Å². The fourth-order valence-corrected chi connectivity index (χ4v) is 4.57. The second-order valence-electron chi connectivity index (χ2n) is 8.84. The lowest BCUT2D eigenvalue weighted by Crippen LogP contribution is -2.53. The van der Waals surface area contributed by atoms with Crippen molar-refractivity contribution in [3.8, 4) is 17.0 Å². The predicted molar refractivity (Wildman–Crippen MR) is 109 cm³/mol. The van der Waals surface area contributed by atoms with Crippen molar-refractivity contribution in [2.45, 2.75) is 57.3 Å². The van der Waals surface area contributed by atoms with Gasteiger partial charge in [0.05, 0.1) is 16.9 Å². The SMILES string of the molecule is COCOc1cc(C(F)(F)F)cc(C)c1-c1cc2c(nn1)N(C1CC(C)(O)C1)CC2C. The van der Waals surface area contributed by atoms with Crippen LogP contribution in [-0.2, 0) is 10.9 Å². The van der Waals surface area contributed by atoms with Gasteiger partial charge in [-0.2, -0.15) is 13.2 Å². The van der Waals surface area contributed by atoms with Crippen LogP contribution in [0.4, 0.5) is 19.0 Å². The van der Waals surface area contributed by atoms with Gasteiger partial charge in [0.15, 0.2) is 12.6 Å². The quantitative estimate of drug-likeness (QED) is 0.704. The zero-order chi connectivity index (χ0) is 22.6. The van der Waals surface area contributed by atoms with E-state index in [1.807, 2.05) is 13.0 Å². The number of anilines is 1. The maximum atomic E-state index is 13.3.